The van der Waals surface area contributed by atoms with Gasteiger partial charge < -0.3 is 14.2 Å². The maximum Gasteiger partial charge on any atom is 0.338 e. The van der Waals surface area contributed by atoms with Gasteiger partial charge in [-0.2, -0.15) is 0 Å². The topological polar surface area (TPSA) is 90.9 Å². The summed E-state index contributed by atoms with van der Waals surface area (Å²) in [7, 11) is -0.968. The Labute approximate surface area is 194 Å². The van der Waals surface area contributed by atoms with E-state index >= 15 is 0 Å². The van der Waals surface area contributed by atoms with Gasteiger partial charge in [-0.05, 0) is 54.3 Å². The number of aryl methyl sites for hydroxylation is 1. The minimum atomic E-state index is -3.79. The van der Waals surface area contributed by atoms with E-state index in [1.165, 1.54) is 19.2 Å². The fourth-order valence-electron chi connectivity index (χ4n) is 3.23. The molecule has 0 spiro atoms. The predicted molar refractivity (Wildman–Crippen MR) is 125 cm³/mol. The number of ether oxygens (including phenoxy) is 3. The lowest BCUT2D eigenvalue weighted by Gasteiger charge is -2.13. The number of hydrogen-bond acceptors (Lipinski definition) is 6. The van der Waals surface area contributed by atoms with E-state index in [9.17, 15) is 13.2 Å². The van der Waals surface area contributed by atoms with Crippen LogP contribution in [0.4, 0.5) is 0 Å². The van der Waals surface area contributed by atoms with Crippen molar-refractivity contribution in [2.75, 3.05) is 20.8 Å². The minimum absolute atomic E-state index is 0.00994. The summed E-state index contributed by atoms with van der Waals surface area (Å²) in [6.07, 6.45) is 0.449. The number of methoxy groups -OCH3 is 2. The zero-order valence-electron chi connectivity index (χ0n) is 18.8. The molecular weight excluding hydrogens is 442 g/mol. The van der Waals surface area contributed by atoms with E-state index in [1.54, 1.807) is 20.1 Å². The van der Waals surface area contributed by atoms with E-state index in [2.05, 4.69) is 4.72 Å². The Bertz CT molecular complexity index is 1210. The molecule has 0 unspecified atom stereocenters. The van der Waals surface area contributed by atoms with Gasteiger partial charge in [0.15, 0.2) is 11.5 Å². The van der Waals surface area contributed by atoms with Crippen molar-refractivity contribution in [1.29, 1.82) is 0 Å². The van der Waals surface area contributed by atoms with E-state index in [1.807, 2.05) is 48.5 Å². The Kier molecular flexibility index (Phi) is 8.08. The van der Waals surface area contributed by atoms with Crippen LogP contribution >= 0.6 is 0 Å². The van der Waals surface area contributed by atoms with Crippen molar-refractivity contribution in [3.63, 3.8) is 0 Å². The smallest absolute Gasteiger partial charge is 0.338 e. The van der Waals surface area contributed by atoms with Crippen LogP contribution in [0.15, 0.2) is 71.6 Å². The lowest BCUT2D eigenvalue weighted by Crippen LogP contribution is -2.26. The van der Waals surface area contributed by atoms with Crippen molar-refractivity contribution in [2.45, 2.75) is 24.8 Å². The van der Waals surface area contributed by atoms with E-state index < -0.39 is 16.0 Å². The van der Waals surface area contributed by atoms with Gasteiger partial charge in [0.1, 0.15) is 6.61 Å². The molecule has 0 amide bonds. The molecule has 0 heterocycles. The van der Waals surface area contributed by atoms with Crippen LogP contribution in [0.5, 0.6) is 11.5 Å². The largest absolute Gasteiger partial charge is 0.493 e. The molecule has 0 aromatic heterocycles. The summed E-state index contributed by atoms with van der Waals surface area (Å²) in [5.74, 6) is 0.611. The van der Waals surface area contributed by atoms with Gasteiger partial charge in [-0.25, -0.2) is 17.9 Å². The van der Waals surface area contributed by atoms with Crippen LogP contribution in [0.2, 0.25) is 0 Å². The second-order valence-corrected chi connectivity index (χ2v) is 9.14. The first-order valence-electron chi connectivity index (χ1n) is 10.4. The maximum atomic E-state index is 12.7. The Balaban J connectivity index is 1.63. The van der Waals surface area contributed by atoms with Crippen LogP contribution < -0.4 is 14.2 Å². The van der Waals surface area contributed by atoms with Gasteiger partial charge in [-0.3, -0.25) is 0 Å². The van der Waals surface area contributed by atoms with E-state index in [-0.39, 0.29) is 17.0 Å². The summed E-state index contributed by atoms with van der Waals surface area (Å²) in [4.78, 5) is 11.9. The molecule has 7 nitrogen and oxygen atoms in total. The second-order valence-electron chi connectivity index (χ2n) is 7.38. The number of esters is 1. The Morgan fingerprint density at radius 3 is 2.36 bits per heavy atom. The van der Waals surface area contributed by atoms with Gasteiger partial charge in [0.25, 0.3) is 0 Å². The van der Waals surface area contributed by atoms with Gasteiger partial charge >= 0.3 is 5.97 Å². The van der Waals surface area contributed by atoms with Crippen LogP contribution in [0.1, 0.15) is 27.0 Å². The molecule has 33 heavy (non-hydrogen) atoms. The van der Waals surface area contributed by atoms with Gasteiger partial charge in [0.05, 0.1) is 24.7 Å². The third-order valence-corrected chi connectivity index (χ3v) is 6.55. The molecule has 0 bridgehead atoms. The van der Waals surface area contributed by atoms with Crippen molar-refractivity contribution >= 4 is 16.0 Å². The highest BCUT2D eigenvalue weighted by molar-refractivity contribution is 7.89. The number of rotatable bonds is 10. The monoisotopic (exact) mass is 469 g/mol. The molecule has 0 aliphatic heterocycles. The summed E-state index contributed by atoms with van der Waals surface area (Å²) in [5, 5.41) is 0. The van der Waals surface area contributed by atoms with Crippen molar-refractivity contribution in [3.8, 4) is 11.5 Å². The Morgan fingerprint density at radius 1 is 0.909 bits per heavy atom. The molecule has 3 aromatic rings. The average Bonchev–Trinajstić information content (AvgIpc) is 2.83. The maximum absolute atomic E-state index is 12.7. The molecule has 1 N–H and O–H groups in total. The van der Waals surface area contributed by atoms with Crippen LogP contribution in [0.25, 0.3) is 0 Å². The molecule has 3 aromatic carbocycles. The fraction of sp³-hybridized carbons (Fsp3) is 0.240. The number of carbonyl (C=O) groups is 1. The third-order valence-electron chi connectivity index (χ3n) is 5.10. The number of carbonyl (C=O) groups excluding carboxylic acids is 1. The summed E-state index contributed by atoms with van der Waals surface area (Å²) < 4.78 is 44.0. The quantitative estimate of drug-likeness (QED) is 0.453. The summed E-state index contributed by atoms with van der Waals surface area (Å²) in [5.41, 5.74) is 2.80. The number of hydrogen-bond donors (Lipinski definition) is 1. The standard InChI is InChI=1S/C25H27NO6S/c1-18-9-11-21(16-22(18)25(27)31-3)33(28,29)26-14-13-19-10-12-23(24(15-19)30-2)32-17-20-7-5-4-6-8-20/h4-12,15-16,26H,13-14,17H2,1-3H3. The highest BCUT2D eigenvalue weighted by Crippen LogP contribution is 2.29. The van der Waals surface area contributed by atoms with Gasteiger partial charge in [0, 0.05) is 6.54 Å². The Morgan fingerprint density at radius 2 is 1.67 bits per heavy atom. The first kappa shape index (κ1) is 24.3. The van der Waals surface area contributed by atoms with Crippen molar-refractivity contribution in [1.82, 2.24) is 4.72 Å². The van der Waals surface area contributed by atoms with Gasteiger partial charge in [-0.15, -0.1) is 0 Å². The highest BCUT2D eigenvalue weighted by atomic mass is 32.2. The molecule has 0 saturated heterocycles. The molecular formula is C25H27NO6S. The lowest BCUT2D eigenvalue weighted by molar-refractivity contribution is 0.0599. The highest BCUT2D eigenvalue weighted by Gasteiger charge is 2.18. The molecule has 0 fully saturated rings. The third kappa shape index (κ3) is 6.34. The van der Waals surface area contributed by atoms with Gasteiger partial charge in [-0.1, -0.05) is 42.5 Å². The molecule has 0 aliphatic rings. The molecule has 0 radical (unpaired) electrons. The number of sulfonamides is 1. The zero-order valence-corrected chi connectivity index (χ0v) is 19.6. The van der Waals surface area contributed by atoms with E-state index in [0.717, 1.165) is 11.1 Å². The molecule has 3 rings (SSSR count). The second kappa shape index (κ2) is 11.0. The van der Waals surface area contributed by atoms with Crippen LogP contribution in [-0.4, -0.2) is 35.2 Å². The van der Waals surface area contributed by atoms with Crippen molar-refractivity contribution in [3.05, 3.63) is 89.0 Å². The summed E-state index contributed by atoms with van der Waals surface area (Å²) in [6.45, 7) is 2.31. The van der Waals surface area contributed by atoms with Crippen LogP contribution in [-0.2, 0) is 27.8 Å². The fourth-order valence-corrected chi connectivity index (χ4v) is 4.29. The predicted octanol–water partition coefficient (Wildman–Crippen LogP) is 3.89. The molecule has 0 atom stereocenters. The average molecular weight is 470 g/mol. The van der Waals surface area contributed by atoms with Crippen molar-refractivity contribution in [2.24, 2.45) is 0 Å². The number of nitrogens with one attached hydrogen (secondary N) is 1. The first-order valence-corrected chi connectivity index (χ1v) is 11.8. The number of benzene rings is 3. The first-order chi connectivity index (χ1) is 15.8. The van der Waals surface area contributed by atoms with E-state index in [4.69, 9.17) is 14.2 Å². The van der Waals surface area contributed by atoms with Crippen molar-refractivity contribution < 1.29 is 27.4 Å². The molecule has 0 saturated carbocycles. The zero-order chi connectivity index (χ0) is 23.8. The summed E-state index contributed by atoms with van der Waals surface area (Å²) >= 11 is 0. The molecule has 0 aliphatic carbocycles. The Hall–Kier alpha value is -3.36. The SMILES string of the molecule is COC(=O)c1cc(S(=O)(=O)NCCc2ccc(OCc3ccccc3)c(OC)c2)ccc1C. The normalized spacial score (nSPS) is 11.1. The van der Waals surface area contributed by atoms with Crippen LogP contribution in [0.3, 0.4) is 0 Å². The van der Waals surface area contributed by atoms with Crippen LogP contribution in [0, 0.1) is 6.92 Å². The lowest BCUT2D eigenvalue weighted by atomic mass is 10.1. The minimum Gasteiger partial charge on any atom is -0.493 e. The molecule has 174 valence electrons. The van der Waals surface area contributed by atoms with Gasteiger partial charge in [0.2, 0.25) is 10.0 Å². The van der Waals surface area contributed by atoms with E-state index in [0.29, 0.717) is 30.1 Å². The summed E-state index contributed by atoms with van der Waals surface area (Å²) in [6, 6.07) is 19.7. The molecule has 8 heteroatoms.